The standard InChI is InChI=1S/C14H11N5OS2/c1-8-17-18-14(22-8)21-7-9-6-12(20)19-11-5-3-2-4-10(11)16-13(19)15-9/h2-6H,7H2,1H3,(H,15,16). The van der Waals surface area contributed by atoms with Crippen LogP contribution in [-0.2, 0) is 5.75 Å². The number of aromatic nitrogens is 5. The van der Waals surface area contributed by atoms with Crippen LogP contribution < -0.4 is 5.56 Å². The fourth-order valence-corrected chi connectivity index (χ4v) is 4.00. The number of nitrogens with zero attached hydrogens (tertiary/aromatic N) is 4. The van der Waals surface area contributed by atoms with Crippen molar-refractivity contribution >= 4 is 39.9 Å². The molecule has 0 radical (unpaired) electrons. The molecule has 3 heterocycles. The summed E-state index contributed by atoms with van der Waals surface area (Å²) < 4.78 is 2.49. The van der Waals surface area contributed by atoms with Crippen LogP contribution in [0.25, 0.3) is 16.8 Å². The summed E-state index contributed by atoms with van der Waals surface area (Å²) in [7, 11) is 0. The van der Waals surface area contributed by atoms with Crippen LogP contribution in [0, 0.1) is 6.92 Å². The predicted molar refractivity (Wildman–Crippen MR) is 87.5 cm³/mol. The van der Waals surface area contributed by atoms with Crippen LogP contribution in [-0.4, -0.2) is 24.6 Å². The maximum Gasteiger partial charge on any atom is 0.259 e. The molecule has 0 amide bonds. The van der Waals surface area contributed by atoms with E-state index < -0.39 is 0 Å². The SMILES string of the molecule is Cc1nnc(SCc2cc(=O)n3c(nc4ccccc43)[nH]2)s1. The molecule has 0 fully saturated rings. The number of aryl methyl sites for hydroxylation is 1. The quantitative estimate of drug-likeness (QED) is 0.585. The van der Waals surface area contributed by atoms with Crippen molar-refractivity contribution in [3.8, 4) is 0 Å². The second-order valence-electron chi connectivity index (χ2n) is 4.77. The number of nitrogens with one attached hydrogen (secondary N) is 1. The van der Waals surface area contributed by atoms with Gasteiger partial charge in [0.25, 0.3) is 5.56 Å². The molecule has 0 saturated heterocycles. The first-order valence-electron chi connectivity index (χ1n) is 6.63. The first-order chi connectivity index (χ1) is 10.7. The van der Waals surface area contributed by atoms with Gasteiger partial charge in [-0.2, -0.15) is 0 Å². The van der Waals surface area contributed by atoms with Crippen molar-refractivity contribution in [3.05, 3.63) is 51.4 Å². The number of aromatic amines is 1. The molecule has 0 bridgehead atoms. The minimum Gasteiger partial charge on any atom is -0.328 e. The summed E-state index contributed by atoms with van der Waals surface area (Å²) in [4.78, 5) is 20.0. The fraction of sp³-hybridized carbons (Fsp3) is 0.143. The summed E-state index contributed by atoms with van der Waals surface area (Å²) >= 11 is 3.10. The largest absolute Gasteiger partial charge is 0.328 e. The smallest absolute Gasteiger partial charge is 0.259 e. The fourth-order valence-electron chi connectivity index (χ4n) is 2.28. The number of fused-ring (bicyclic) bond motifs is 3. The average Bonchev–Trinajstić information content (AvgIpc) is 3.08. The number of imidazole rings is 1. The molecule has 3 aromatic heterocycles. The monoisotopic (exact) mass is 329 g/mol. The maximum absolute atomic E-state index is 12.4. The zero-order valence-corrected chi connectivity index (χ0v) is 13.2. The molecule has 8 heteroatoms. The van der Waals surface area contributed by atoms with E-state index in [0.717, 1.165) is 26.1 Å². The van der Waals surface area contributed by atoms with Gasteiger partial charge in [0.15, 0.2) is 4.34 Å². The molecule has 4 rings (SSSR count). The van der Waals surface area contributed by atoms with Crippen LogP contribution in [0.3, 0.4) is 0 Å². The number of rotatable bonds is 3. The van der Waals surface area contributed by atoms with E-state index in [-0.39, 0.29) is 5.56 Å². The molecule has 0 atom stereocenters. The molecule has 0 saturated carbocycles. The summed E-state index contributed by atoms with van der Waals surface area (Å²) in [5, 5.41) is 8.99. The van der Waals surface area contributed by atoms with E-state index in [2.05, 4.69) is 20.2 Å². The molecule has 0 aliphatic rings. The lowest BCUT2D eigenvalue weighted by Crippen LogP contribution is -2.14. The third-order valence-electron chi connectivity index (χ3n) is 3.21. The number of benzene rings is 1. The van der Waals surface area contributed by atoms with E-state index in [1.807, 2.05) is 31.2 Å². The lowest BCUT2D eigenvalue weighted by Gasteiger charge is -2.00. The minimum atomic E-state index is -0.0773. The van der Waals surface area contributed by atoms with Gasteiger partial charge in [-0.05, 0) is 19.1 Å². The Balaban J connectivity index is 1.73. The van der Waals surface area contributed by atoms with Crippen LogP contribution in [0.2, 0.25) is 0 Å². The summed E-state index contributed by atoms with van der Waals surface area (Å²) in [6.07, 6.45) is 0. The zero-order chi connectivity index (χ0) is 15.1. The van der Waals surface area contributed by atoms with Gasteiger partial charge in [0.05, 0.1) is 11.0 Å². The number of hydrogen-bond donors (Lipinski definition) is 1. The molecular weight excluding hydrogens is 318 g/mol. The molecule has 0 unspecified atom stereocenters. The number of para-hydroxylation sites is 2. The van der Waals surface area contributed by atoms with Gasteiger partial charge >= 0.3 is 0 Å². The first kappa shape index (κ1) is 13.5. The van der Waals surface area contributed by atoms with Crippen LogP contribution in [0.15, 0.2) is 39.5 Å². The van der Waals surface area contributed by atoms with E-state index in [1.54, 1.807) is 33.6 Å². The Bertz CT molecular complexity index is 1030. The van der Waals surface area contributed by atoms with Crippen LogP contribution in [0.1, 0.15) is 10.7 Å². The lowest BCUT2D eigenvalue weighted by atomic mass is 10.3. The van der Waals surface area contributed by atoms with Crippen molar-refractivity contribution < 1.29 is 0 Å². The Morgan fingerprint density at radius 2 is 2.18 bits per heavy atom. The van der Waals surface area contributed by atoms with Gasteiger partial charge in [0, 0.05) is 17.5 Å². The molecule has 0 spiro atoms. The van der Waals surface area contributed by atoms with Gasteiger partial charge in [-0.15, -0.1) is 10.2 Å². The number of hydrogen-bond acceptors (Lipinski definition) is 6. The molecular formula is C14H11N5OS2. The minimum absolute atomic E-state index is 0.0773. The zero-order valence-electron chi connectivity index (χ0n) is 11.6. The van der Waals surface area contributed by atoms with Crippen molar-refractivity contribution in [3.63, 3.8) is 0 Å². The summed E-state index contributed by atoms with van der Waals surface area (Å²) in [5.74, 6) is 1.20. The van der Waals surface area contributed by atoms with Crippen LogP contribution in [0.5, 0.6) is 0 Å². The Morgan fingerprint density at radius 1 is 1.32 bits per heavy atom. The van der Waals surface area contributed by atoms with E-state index in [0.29, 0.717) is 11.5 Å². The Kier molecular flexibility index (Phi) is 3.20. The summed E-state index contributed by atoms with van der Waals surface area (Å²) in [6, 6.07) is 9.21. The van der Waals surface area contributed by atoms with Crippen molar-refractivity contribution in [2.24, 2.45) is 0 Å². The highest BCUT2D eigenvalue weighted by molar-refractivity contribution is 8.00. The van der Waals surface area contributed by atoms with E-state index in [9.17, 15) is 4.79 Å². The van der Waals surface area contributed by atoms with Crippen molar-refractivity contribution in [2.45, 2.75) is 17.0 Å². The van der Waals surface area contributed by atoms with E-state index in [1.165, 1.54) is 0 Å². The van der Waals surface area contributed by atoms with Gasteiger partial charge in [-0.3, -0.25) is 4.79 Å². The second kappa shape index (κ2) is 5.22. The molecule has 110 valence electrons. The topological polar surface area (TPSA) is 75.9 Å². The predicted octanol–water partition coefficient (Wildman–Crippen LogP) is 2.63. The molecule has 0 aliphatic carbocycles. The number of H-pyrrole nitrogens is 1. The summed E-state index contributed by atoms with van der Waals surface area (Å²) in [6.45, 7) is 1.92. The molecule has 1 N–H and O–H groups in total. The van der Waals surface area contributed by atoms with Crippen molar-refractivity contribution in [1.82, 2.24) is 24.6 Å². The Hall–Kier alpha value is -2.19. The van der Waals surface area contributed by atoms with E-state index >= 15 is 0 Å². The van der Waals surface area contributed by atoms with Crippen LogP contribution >= 0.6 is 23.1 Å². The Morgan fingerprint density at radius 3 is 3.00 bits per heavy atom. The third-order valence-corrected chi connectivity index (χ3v) is 5.23. The molecule has 22 heavy (non-hydrogen) atoms. The molecule has 4 aromatic rings. The second-order valence-corrected chi connectivity index (χ2v) is 7.17. The normalized spacial score (nSPS) is 11.5. The van der Waals surface area contributed by atoms with Gasteiger partial charge in [0.2, 0.25) is 5.78 Å². The first-order valence-corrected chi connectivity index (χ1v) is 8.43. The van der Waals surface area contributed by atoms with Crippen LogP contribution in [0.4, 0.5) is 0 Å². The average molecular weight is 329 g/mol. The van der Waals surface area contributed by atoms with Crippen molar-refractivity contribution in [2.75, 3.05) is 0 Å². The third kappa shape index (κ3) is 2.30. The summed E-state index contributed by atoms with van der Waals surface area (Å²) in [5.41, 5.74) is 2.37. The molecule has 1 aromatic carbocycles. The number of thioether (sulfide) groups is 1. The van der Waals surface area contributed by atoms with Gasteiger partial charge in [-0.25, -0.2) is 9.38 Å². The van der Waals surface area contributed by atoms with Crippen molar-refractivity contribution in [1.29, 1.82) is 0 Å². The highest BCUT2D eigenvalue weighted by Gasteiger charge is 2.09. The molecule has 0 aliphatic heterocycles. The van der Waals surface area contributed by atoms with Gasteiger partial charge in [0.1, 0.15) is 5.01 Å². The highest BCUT2D eigenvalue weighted by atomic mass is 32.2. The van der Waals surface area contributed by atoms with Gasteiger partial charge in [-0.1, -0.05) is 35.2 Å². The maximum atomic E-state index is 12.4. The van der Waals surface area contributed by atoms with E-state index in [4.69, 9.17) is 0 Å². The molecule has 6 nitrogen and oxygen atoms in total. The lowest BCUT2D eigenvalue weighted by molar-refractivity contribution is 0.981. The highest BCUT2D eigenvalue weighted by Crippen LogP contribution is 2.25. The van der Waals surface area contributed by atoms with Gasteiger partial charge < -0.3 is 4.98 Å². The Labute approximate surface area is 133 Å².